The van der Waals surface area contributed by atoms with Gasteiger partial charge in [-0.25, -0.2) is 8.78 Å². The molecule has 2 unspecified atom stereocenters. The average molecular weight is 269 g/mol. The molecule has 1 aliphatic carbocycles. The van der Waals surface area contributed by atoms with Crippen molar-refractivity contribution in [2.75, 3.05) is 0 Å². The SMILES string of the molecule is O=C(NC1CCCC1C(=O)O)c1cc(F)cc(F)c1. The third kappa shape index (κ3) is 3.07. The number of nitrogens with one attached hydrogen (secondary N) is 1. The highest BCUT2D eigenvalue weighted by molar-refractivity contribution is 5.94. The summed E-state index contributed by atoms with van der Waals surface area (Å²) in [6, 6.07) is 2.02. The average Bonchev–Trinajstić information content (AvgIpc) is 2.75. The van der Waals surface area contributed by atoms with E-state index < -0.39 is 35.5 Å². The third-order valence-corrected chi connectivity index (χ3v) is 3.27. The number of amides is 1. The molecule has 1 amide bonds. The van der Waals surface area contributed by atoms with Crippen LogP contribution < -0.4 is 5.32 Å². The molecule has 4 nitrogen and oxygen atoms in total. The molecule has 0 aliphatic heterocycles. The van der Waals surface area contributed by atoms with Crippen molar-refractivity contribution in [2.45, 2.75) is 25.3 Å². The second kappa shape index (κ2) is 5.34. The number of carbonyl (C=O) groups excluding carboxylic acids is 1. The first kappa shape index (κ1) is 13.5. The molecule has 0 saturated heterocycles. The molecule has 1 saturated carbocycles. The number of carbonyl (C=O) groups is 2. The Morgan fingerprint density at radius 2 is 1.79 bits per heavy atom. The van der Waals surface area contributed by atoms with Crippen LogP contribution >= 0.6 is 0 Å². The third-order valence-electron chi connectivity index (χ3n) is 3.27. The molecule has 6 heteroatoms. The Balaban J connectivity index is 2.10. The van der Waals surface area contributed by atoms with E-state index in [1.165, 1.54) is 0 Å². The molecule has 1 fully saturated rings. The van der Waals surface area contributed by atoms with E-state index in [2.05, 4.69) is 5.32 Å². The number of halogens is 2. The quantitative estimate of drug-likeness (QED) is 0.881. The van der Waals surface area contributed by atoms with Crippen LogP contribution in [0.2, 0.25) is 0 Å². The standard InChI is InChI=1S/C13H13F2NO3/c14-8-4-7(5-9(15)6-8)12(17)16-11-3-1-2-10(11)13(18)19/h4-6,10-11H,1-3H2,(H,16,17)(H,18,19). The van der Waals surface area contributed by atoms with Crippen LogP contribution in [-0.4, -0.2) is 23.0 Å². The first-order chi connectivity index (χ1) is 8.97. The Kier molecular flexibility index (Phi) is 3.78. The fourth-order valence-electron chi connectivity index (χ4n) is 2.37. The molecule has 0 bridgehead atoms. The number of benzene rings is 1. The number of carboxylic acid groups (broad SMARTS) is 1. The molecule has 1 aromatic rings. The maximum absolute atomic E-state index is 13.0. The summed E-state index contributed by atoms with van der Waals surface area (Å²) in [5.74, 6) is -3.94. The van der Waals surface area contributed by atoms with Crippen LogP contribution in [0.4, 0.5) is 8.78 Å². The van der Waals surface area contributed by atoms with Gasteiger partial charge in [-0.15, -0.1) is 0 Å². The van der Waals surface area contributed by atoms with Crippen LogP contribution in [0.5, 0.6) is 0 Å². The van der Waals surface area contributed by atoms with Crippen LogP contribution in [0.25, 0.3) is 0 Å². The molecular weight excluding hydrogens is 256 g/mol. The van der Waals surface area contributed by atoms with Gasteiger partial charge in [0.15, 0.2) is 0 Å². The molecule has 1 aromatic carbocycles. The number of carboxylic acids is 1. The summed E-state index contributed by atoms with van der Waals surface area (Å²) in [4.78, 5) is 22.8. The second-order valence-electron chi connectivity index (χ2n) is 4.61. The van der Waals surface area contributed by atoms with Gasteiger partial charge in [0.25, 0.3) is 5.91 Å². The predicted molar refractivity (Wildman–Crippen MR) is 62.6 cm³/mol. The van der Waals surface area contributed by atoms with Crippen molar-refractivity contribution in [2.24, 2.45) is 5.92 Å². The summed E-state index contributed by atoms with van der Waals surface area (Å²) in [6.45, 7) is 0. The summed E-state index contributed by atoms with van der Waals surface area (Å²) >= 11 is 0. The van der Waals surface area contributed by atoms with Crippen LogP contribution in [0.3, 0.4) is 0 Å². The van der Waals surface area contributed by atoms with Gasteiger partial charge in [-0.2, -0.15) is 0 Å². The summed E-state index contributed by atoms with van der Waals surface area (Å²) in [7, 11) is 0. The van der Waals surface area contributed by atoms with E-state index in [-0.39, 0.29) is 5.56 Å². The zero-order chi connectivity index (χ0) is 14.0. The molecule has 102 valence electrons. The normalized spacial score (nSPS) is 22.2. The van der Waals surface area contributed by atoms with Crippen molar-refractivity contribution in [3.8, 4) is 0 Å². The molecule has 2 N–H and O–H groups in total. The number of rotatable bonds is 3. The summed E-state index contributed by atoms with van der Waals surface area (Å²) < 4.78 is 26.0. The van der Waals surface area contributed by atoms with Gasteiger partial charge in [-0.05, 0) is 25.0 Å². The van der Waals surface area contributed by atoms with E-state index >= 15 is 0 Å². The van der Waals surface area contributed by atoms with Crippen molar-refractivity contribution in [1.29, 1.82) is 0 Å². The van der Waals surface area contributed by atoms with Crippen LogP contribution in [0.15, 0.2) is 18.2 Å². The van der Waals surface area contributed by atoms with Gasteiger partial charge in [-0.3, -0.25) is 9.59 Å². The highest BCUT2D eigenvalue weighted by Gasteiger charge is 2.34. The summed E-state index contributed by atoms with van der Waals surface area (Å²) in [5, 5.41) is 11.5. The van der Waals surface area contributed by atoms with Crippen molar-refractivity contribution in [1.82, 2.24) is 5.32 Å². The predicted octanol–water partition coefficient (Wildman–Crippen LogP) is 1.95. The van der Waals surface area contributed by atoms with Crippen molar-refractivity contribution >= 4 is 11.9 Å². The smallest absolute Gasteiger partial charge is 0.308 e. The van der Waals surface area contributed by atoms with Gasteiger partial charge >= 0.3 is 5.97 Å². The van der Waals surface area contributed by atoms with Gasteiger partial charge in [-0.1, -0.05) is 6.42 Å². The Hall–Kier alpha value is -1.98. The van der Waals surface area contributed by atoms with E-state index in [0.29, 0.717) is 25.3 Å². The van der Waals surface area contributed by atoms with Crippen molar-refractivity contribution in [3.05, 3.63) is 35.4 Å². The Labute approximate surface area is 108 Å². The zero-order valence-corrected chi connectivity index (χ0v) is 10.0. The molecule has 2 atom stereocenters. The number of hydrogen-bond donors (Lipinski definition) is 2. The lowest BCUT2D eigenvalue weighted by Gasteiger charge is -2.17. The lowest BCUT2D eigenvalue weighted by molar-refractivity contribution is -0.142. The maximum atomic E-state index is 13.0. The molecule has 0 spiro atoms. The van der Waals surface area contributed by atoms with Crippen LogP contribution in [0.1, 0.15) is 29.6 Å². The Bertz CT molecular complexity index is 498. The fourth-order valence-corrected chi connectivity index (χ4v) is 2.37. The zero-order valence-electron chi connectivity index (χ0n) is 10.0. The fraction of sp³-hybridized carbons (Fsp3) is 0.385. The van der Waals surface area contributed by atoms with Gasteiger partial charge in [0, 0.05) is 17.7 Å². The molecule has 1 aliphatic rings. The van der Waals surface area contributed by atoms with Gasteiger partial charge in [0.1, 0.15) is 11.6 Å². The molecule has 0 heterocycles. The number of aliphatic carboxylic acids is 1. The maximum Gasteiger partial charge on any atom is 0.308 e. The minimum Gasteiger partial charge on any atom is -0.481 e. The lowest BCUT2D eigenvalue weighted by Crippen LogP contribution is -2.40. The van der Waals surface area contributed by atoms with Crippen LogP contribution in [-0.2, 0) is 4.79 Å². The lowest BCUT2D eigenvalue weighted by atomic mass is 10.0. The highest BCUT2D eigenvalue weighted by atomic mass is 19.1. The largest absolute Gasteiger partial charge is 0.481 e. The van der Waals surface area contributed by atoms with E-state index in [1.807, 2.05) is 0 Å². The van der Waals surface area contributed by atoms with Crippen molar-refractivity contribution < 1.29 is 23.5 Å². The minimum atomic E-state index is -0.965. The molecule has 0 aromatic heterocycles. The van der Waals surface area contributed by atoms with E-state index in [1.54, 1.807) is 0 Å². The highest BCUT2D eigenvalue weighted by Crippen LogP contribution is 2.26. The van der Waals surface area contributed by atoms with Crippen molar-refractivity contribution in [3.63, 3.8) is 0 Å². The monoisotopic (exact) mass is 269 g/mol. The van der Waals surface area contributed by atoms with Gasteiger partial charge < -0.3 is 10.4 Å². The summed E-state index contributed by atoms with van der Waals surface area (Å²) in [5.41, 5.74) is -0.145. The van der Waals surface area contributed by atoms with E-state index in [9.17, 15) is 18.4 Å². The molecule has 0 radical (unpaired) electrons. The van der Waals surface area contributed by atoms with Crippen LogP contribution in [0, 0.1) is 17.6 Å². The molecule has 19 heavy (non-hydrogen) atoms. The minimum absolute atomic E-state index is 0.145. The first-order valence-electron chi connectivity index (χ1n) is 5.97. The van der Waals surface area contributed by atoms with E-state index in [4.69, 9.17) is 5.11 Å². The first-order valence-corrected chi connectivity index (χ1v) is 5.97. The number of hydrogen-bond acceptors (Lipinski definition) is 2. The topological polar surface area (TPSA) is 66.4 Å². The second-order valence-corrected chi connectivity index (χ2v) is 4.61. The molecule has 2 rings (SSSR count). The van der Waals surface area contributed by atoms with Gasteiger partial charge in [0.05, 0.1) is 5.92 Å². The molecular formula is C13H13F2NO3. The Morgan fingerprint density at radius 3 is 2.37 bits per heavy atom. The van der Waals surface area contributed by atoms with E-state index in [0.717, 1.165) is 12.1 Å². The Morgan fingerprint density at radius 1 is 1.16 bits per heavy atom. The van der Waals surface area contributed by atoms with Gasteiger partial charge in [0.2, 0.25) is 0 Å². The summed E-state index contributed by atoms with van der Waals surface area (Å²) in [6.07, 6.45) is 1.76.